The molecule has 4 heteroatoms. The SMILES string of the molecule is CC(C)c1noc(Cc2ccccn2)n1. The van der Waals surface area contributed by atoms with E-state index in [-0.39, 0.29) is 0 Å². The second-order valence-corrected chi connectivity index (χ2v) is 3.70. The van der Waals surface area contributed by atoms with Crippen LogP contribution in [0.5, 0.6) is 0 Å². The fourth-order valence-corrected chi connectivity index (χ4v) is 1.23. The van der Waals surface area contributed by atoms with Crippen molar-refractivity contribution >= 4 is 0 Å². The van der Waals surface area contributed by atoms with Crippen molar-refractivity contribution in [3.8, 4) is 0 Å². The summed E-state index contributed by atoms with van der Waals surface area (Å²) in [7, 11) is 0. The Balaban J connectivity index is 2.12. The molecule has 0 fully saturated rings. The van der Waals surface area contributed by atoms with Gasteiger partial charge < -0.3 is 4.52 Å². The second kappa shape index (κ2) is 4.21. The summed E-state index contributed by atoms with van der Waals surface area (Å²) in [6, 6.07) is 5.78. The van der Waals surface area contributed by atoms with Crippen LogP contribution in [0.3, 0.4) is 0 Å². The number of hydrogen-bond acceptors (Lipinski definition) is 4. The third kappa shape index (κ3) is 2.40. The first kappa shape index (κ1) is 9.83. The van der Waals surface area contributed by atoms with Crippen LogP contribution in [-0.2, 0) is 6.42 Å². The van der Waals surface area contributed by atoms with Crippen LogP contribution in [0.25, 0.3) is 0 Å². The number of aromatic nitrogens is 3. The second-order valence-electron chi connectivity index (χ2n) is 3.70. The van der Waals surface area contributed by atoms with E-state index in [1.807, 2.05) is 32.0 Å². The molecule has 2 heterocycles. The van der Waals surface area contributed by atoms with Crippen LogP contribution in [0.15, 0.2) is 28.9 Å². The van der Waals surface area contributed by atoms with Gasteiger partial charge in [-0.25, -0.2) is 0 Å². The van der Waals surface area contributed by atoms with E-state index in [0.717, 1.165) is 11.5 Å². The number of nitrogens with zero attached hydrogens (tertiary/aromatic N) is 3. The Labute approximate surface area is 88.4 Å². The zero-order chi connectivity index (χ0) is 10.7. The Morgan fingerprint density at radius 3 is 2.80 bits per heavy atom. The quantitative estimate of drug-likeness (QED) is 0.767. The average molecular weight is 203 g/mol. The number of pyridine rings is 1. The summed E-state index contributed by atoms with van der Waals surface area (Å²) in [5.41, 5.74) is 0.941. The minimum atomic E-state index is 0.297. The number of rotatable bonds is 3. The monoisotopic (exact) mass is 203 g/mol. The summed E-state index contributed by atoms with van der Waals surface area (Å²) in [6.45, 7) is 4.07. The topological polar surface area (TPSA) is 51.8 Å². The van der Waals surface area contributed by atoms with Gasteiger partial charge in [-0.05, 0) is 12.1 Å². The maximum atomic E-state index is 5.13. The van der Waals surface area contributed by atoms with Crippen molar-refractivity contribution in [1.29, 1.82) is 0 Å². The van der Waals surface area contributed by atoms with E-state index in [1.54, 1.807) is 6.20 Å². The molecule has 15 heavy (non-hydrogen) atoms. The molecule has 0 aromatic carbocycles. The molecular weight excluding hydrogens is 190 g/mol. The molecule has 0 spiro atoms. The molecule has 0 N–H and O–H groups in total. The summed E-state index contributed by atoms with van der Waals surface area (Å²) < 4.78 is 5.13. The van der Waals surface area contributed by atoms with Crippen molar-refractivity contribution in [2.75, 3.05) is 0 Å². The molecule has 2 aromatic heterocycles. The molecule has 0 unspecified atom stereocenters. The van der Waals surface area contributed by atoms with Gasteiger partial charge in [-0.2, -0.15) is 4.98 Å². The van der Waals surface area contributed by atoms with E-state index >= 15 is 0 Å². The summed E-state index contributed by atoms with van der Waals surface area (Å²) >= 11 is 0. The standard InChI is InChI=1S/C11H13N3O/c1-8(2)11-13-10(15-14-11)7-9-5-3-4-6-12-9/h3-6,8H,7H2,1-2H3. The summed E-state index contributed by atoms with van der Waals surface area (Å²) in [4.78, 5) is 8.49. The minimum Gasteiger partial charge on any atom is -0.339 e. The lowest BCUT2D eigenvalue weighted by Gasteiger charge is -1.94. The van der Waals surface area contributed by atoms with Gasteiger partial charge in [0, 0.05) is 17.8 Å². The van der Waals surface area contributed by atoms with Gasteiger partial charge in [0.25, 0.3) is 0 Å². The van der Waals surface area contributed by atoms with E-state index in [4.69, 9.17) is 4.52 Å². The van der Waals surface area contributed by atoms with Crippen molar-refractivity contribution < 1.29 is 4.52 Å². The molecule has 78 valence electrons. The first-order chi connectivity index (χ1) is 7.25. The predicted molar refractivity (Wildman–Crippen MR) is 55.4 cm³/mol. The van der Waals surface area contributed by atoms with E-state index in [2.05, 4.69) is 15.1 Å². The Hall–Kier alpha value is -1.71. The van der Waals surface area contributed by atoms with Crippen LogP contribution in [0.1, 0.15) is 37.2 Å². The molecule has 0 atom stereocenters. The Morgan fingerprint density at radius 1 is 1.33 bits per heavy atom. The predicted octanol–water partition coefficient (Wildman–Crippen LogP) is 2.18. The Bertz CT molecular complexity index is 422. The van der Waals surface area contributed by atoms with Crippen LogP contribution in [-0.4, -0.2) is 15.1 Å². The largest absolute Gasteiger partial charge is 0.339 e. The van der Waals surface area contributed by atoms with Gasteiger partial charge in [0.05, 0.1) is 6.42 Å². The van der Waals surface area contributed by atoms with Crippen molar-refractivity contribution in [1.82, 2.24) is 15.1 Å². The molecule has 0 radical (unpaired) electrons. The van der Waals surface area contributed by atoms with Crippen molar-refractivity contribution in [2.45, 2.75) is 26.2 Å². The Kier molecular flexibility index (Phi) is 2.76. The molecule has 2 aromatic rings. The van der Waals surface area contributed by atoms with Gasteiger partial charge in [0.2, 0.25) is 5.89 Å². The van der Waals surface area contributed by atoms with Gasteiger partial charge in [-0.1, -0.05) is 25.1 Å². The third-order valence-electron chi connectivity index (χ3n) is 2.06. The molecule has 0 bridgehead atoms. The summed E-state index contributed by atoms with van der Waals surface area (Å²) in [6.07, 6.45) is 2.36. The average Bonchev–Trinajstić information content (AvgIpc) is 2.68. The first-order valence-electron chi connectivity index (χ1n) is 4.98. The zero-order valence-electron chi connectivity index (χ0n) is 8.84. The molecule has 0 amide bonds. The highest BCUT2D eigenvalue weighted by Crippen LogP contribution is 2.11. The molecule has 0 saturated carbocycles. The lowest BCUT2D eigenvalue weighted by Crippen LogP contribution is -1.93. The zero-order valence-corrected chi connectivity index (χ0v) is 8.84. The third-order valence-corrected chi connectivity index (χ3v) is 2.06. The summed E-state index contributed by atoms with van der Waals surface area (Å²) in [5.74, 6) is 1.67. The van der Waals surface area contributed by atoms with Crippen molar-refractivity contribution in [3.05, 3.63) is 41.8 Å². The molecule has 0 saturated heterocycles. The van der Waals surface area contributed by atoms with Gasteiger partial charge in [-0.15, -0.1) is 0 Å². The molecule has 0 aliphatic rings. The normalized spacial score (nSPS) is 10.9. The van der Waals surface area contributed by atoms with E-state index in [1.165, 1.54) is 0 Å². The Morgan fingerprint density at radius 2 is 2.20 bits per heavy atom. The first-order valence-corrected chi connectivity index (χ1v) is 4.98. The van der Waals surface area contributed by atoms with Crippen LogP contribution in [0, 0.1) is 0 Å². The van der Waals surface area contributed by atoms with Crippen LogP contribution >= 0.6 is 0 Å². The fraction of sp³-hybridized carbons (Fsp3) is 0.364. The molecule has 0 aliphatic carbocycles. The lowest BCUT2D eigenvalue weighted by molar-refractivity contribution is 0.376. The van der Waals surface area contributed by atoms with E-state index in [9.17, 15) is 0 Å². The summed E-state index contributed by atoms with van der Waals surface area (Å²) in [5, 5.41) is 3.90. The number of hydrogen-bond donors (Lipinski definition) is 0. The van der Waals surface area contributed by atoms with Gasteiger partial charge >= 0.3 is 0 Å². The molecule has 2 rings (SSSR count). The minimum absolute atomic E-state index is 0.297. The van der Waals surface area contributed by atoms with E-state index < -0.39 is 0 Å². The molecule has 0 aliphatic heterocycles. The van der Waals surface area contributed by atoms with Gasteiger partial charge in [0.1, 0.15) is 0 Å². The maximum Gasteiger partial charge on any atom is 0.232 e. The smallest absolute Gasteiger partial charge is 0.232 e. The maximum absolute atomic E-state index is 5.13. The highest BCUT2D eigenvalue weighted by molar-refractivity contribution is 5.08. The van der Waals surface area contributed by atoms with Crippen molar-refractivity contribution in [2.24, 2.45) is 0 Å². The van der Waals surface area contributed by atoms with Crippen LogP contribution in [0.4, 0.5) is 0 Å². The highest BCUT2D eigenvalue weighted by atomic mass is 16.5. The molecular formula is C11H13N3O. The lowest BCUT2D eigenvalue weighted by atomic mass is 10.2. The highest BCUT2D eigenvalue weighted by Gasteiger charge is 2.09. The molecule has 4 nitrogen and oxygen atoms in total. The van der Waals surface area contributed by atoms with Crippen LogP contribution in [0.2, 0.25) is 0 Å². The van der Waals surface area contributed by atoms with Crippen LogP contribution < -0.4 is 0 Å². The van der Waals surface area contributed by atoms with Crippen molar-refractivity contribution in [3.63, 3.8) is 0 Å². The fourth-order valence-electron chi connectivity index (χ4n) is 1.23. The van der Waals surface area contributed by atoms with Gasteiger partial charge in [0.15, 0.2) is 5.82 Å². The van der Waals surface area contributed by atoms with Gasteiger partial charge in [-0.3, -0.25) is 4.98 Å². The van der Waals surface area contributed by atoms with E-state index in [0.29, 0.717) is 18.2 Å².